The molecule has 4 heteroatoms. The summed E-state index contributed by atoms with van der Waals surface area (Å²) in [4.78, 5) is 0. The molecule has 0 aliphatic carbocycles. The normalized spacial score (nSPS) is 9.47. The summed E-state index contributed by atoms with van der Waals surface area (Å²) in [5, 5.41) is 9.14. The number of halogens is 1. The molecular weight excluding hydrogens is 290 g/mol. The molecule has 0 unspecified atom stereocenters. The third-order valence-corrected chi connectivity index (χ3v) is 4.50. The molecule has 1 nitrogen and oxygen atoms in total. The predicted octanol–water partition coefficient (Wildman–Crippen LogP) is 4.37. The molecule has 0 aliphatic heterocycles. The fraction of sp³-hybridized carbons (Fsp3) is 0.182. The standard InChI is InChI=1S/C11H10BrNS2/c1-14-11(15-2)10(7-13)8-3-5-9(12)6-4-8/h3-6H,1-2H3. The van der Waals surface area contributed by atoms with E-state index in [0.29, 0.717) is 0 Å². The first kappa shape index (κ1) is 12.7. The first-order valence-corrected chi connectivity index (χ1v) is 7.45. The number of hydrogen-bond donors (Lipinski definition) is 0. The van der Waals surface area contributed by atoms with Gasteiger partial charge in [0.1, 0.15) is 6.07 Å². The SMILES string of the molecule is CSC(SC)=C(C#N)c1ccc(Br)cc1. The Kier molecular flexibility index (Phi) is 5.30. The van der Waals surface area contributed by atoms with Gasteiger partial charge in [0.05, 0.1) is 9.81 Å². The molecular formula is C11H10BrNS2. The smallest absolute Gasteiger partial charge is 0.101 e. The van der Waals surface area contributed by atoms with Crippen LogP contribution in [0.1, 0.15) is 5.56 Å². The zero-order valence-corrected chi connectivity index (χ0v) is 11.7. The van der Waals surface area contributed by atoms with E-state index in [1.165, 1.54) is 0 Å². The number of benzene rings is 1. The Balaban J connectivity index is 3.19. The maximum Gasteiger partial charge on any atom is 0.101 e. The van der Waals surface area contributed by atoms with Gasteiger partial charge in [0, 0.05) is 4.47 Å². The van der Waals surface area contributed by atoms with Gasteiger partial charge in [-0.3, -0.25) is 0 Å². The van der Waals surface area contributed by atoms with E-state index in [-0.39, 0.29) is 0 Å². The summed E-state index contributed by atoms with van der Waals surface area (Å²) in [6.45, 7) is 0. The van der Waals surface area contributed by atoms with Crippen molar-refractivity contribution in [2.24, 2.45) is 0 Å². The Morgan fingerprint density at radius 1 is 1.20 bits per heavy atom. The van der Waals surface area contributed by atoms with Gasteiger partial charge >= 0.3 is 0 Å². The molecule has 0 amide bonds. The summed E-state index contributed by atoms with van der Waals surface area (Å²) in [7, 11) is 0. The van der Waals surface area contributed by atoms with Crippen molar-refractivity contribution in [1.82, 2.24) is 0 Å². The number of rotatable bonds is 3. The van der Waals surface area contributed by atoms with E-state index < -0.39 is 0 Å². The Bertz CT molecular complexity index is 398. The maximum absolute atomic E-state index is 9.14. The minimum Gasteiger partial charge on any atom is -0.192 e. The fourth-order valence-corrected chi connectivity index (χ4v) is 2.80. The average Bonchev–Trinajstić information content (AvgIpc) is 2.27. The Morgan fingerprint density at radius 3 is 2.13 bits per heavy atom. The van der Waals surface area contributed by atoms with E-state index in [1.54, 1.807) is 23.5 Å². The topological polar surface area (TPSA) is 23.8 Å². The van der Waals surface area contributed by atoms with E-state index in [0.717, 1.165) is 19.8 Å². The molecule has 78 valence electrons. The lowest BCUT2D eigenvalue weighted by molar-refractivity contribution is 1.52. The fourth-order valence-electron chi connectivity index (χ4n) is 1.13. The quantitative estimate of drug-likeness (QED) is 0.775. The summed E-state index contributed by atoms with van der Waals surface area (Å²) in [5.74, 6) is 0. The molecule has 1 aromatic rings. The van der Waals surface area contributed by atoms with Gasteiger partial charge in [-0.05, 0) is 30.2 Å². The van der Waals surface area contributed by atoms with Crippen LogP contribution >= 0.6 is 39.5 Å². The number of allylic oxidation sites excluding steroid dienone is 1. The second-order valence-electron chi connectivity index (χ2n) is 2.69. The molecule has 15 heavy (non-hydrogen) atoms. The van der Waals surface area contributed by atoms with Crippen molar-refractivity contribution >= 4 is 45.0 Å². The van der Waals surface area contributed by atoms with Crippen LogP contribution in [-0.2, 0) is 0 Å². The molecule has 0 N–H and O–H groups in total. The molecule has 0 atom stereocenters. The van der Waals surface area contributed by atoms with Crippen molar-refractivity contribution in [2.75, 3.05) is 12.5 Å². The van der Waals surface area contributed by atoms with Gasteiger partial charge in [0.25, 0.3) is 0 Å². The van der Waals surface area contributed by atoms with Crippen molar-refractivity contribution in [3.05, 3.63) is 38.5 Å². The van der Waals surface area contributed by atoms with Crippen molar-refractivity contribution in [3.63, 3.8) is 0 Å². The van der Waals surface area contributed by atoms with Crippen LogP contribution in [0.25, 0.3) is 5.57 Å². The zero-order valence-electron chi connectivity index (χ0n) is 8.45. The minimum atomic E-state index is 0.752. The Hall–Kier alpha value is -0.370. The predicted molar refractivity (Wildman–Crippen MR) is 73.7 cm³/mol. The van der Waals surface area contributed by atoms with E-state index in [4.69, 9.17) is 5.26 Å². The summed E-state index contributed by atoms with van der Waals surface area (Å²) >= 11 is 6.60. The highest BCUT2D eigenvalue weighted by Crippen LogP contribution is 2.32. The Labute approximate surface area is 107 Å². The third kappa shape index (κ3) is 3.30. The van der Waals surface area contributed by atoms with Crippen molar-refractivity contribution in [2.45, 2.75) is 0 Å². The highest BCUT2D eigenvalue weighted by atomic mass is 79.9. The second kappa shape index (κ2) is 6.26. The first-order valence-electron chi connectivity index (χ1n) is 4.21. The van der Waals surface area contributed by atoms with Gasteiger partial charge < -0.3 is 0 Å². The molecule has 0 bridgehead atoms. The van der Waals surface area contributed by atoms with Crippen LogP contribution in [0.15, 0.2) is 33.0 Å². The summed E-state index contributed by atoms with van der Waals surface area (Å²) in [6.07, 6.45) is 3.98. The van der Waals surface area contributed by atoms with Crippen LogP contribution in [0.5, 0.6) is 0 Å². The molecule has 0 saturated heterocycles. The van der Waals surface area contributed by atoms with Crippen molar-refractivity contribution in [3.8, 4) is 6.07 Å². The lowest BCUT2D eigenvalue weighted by Crippen LogP contribution is -1.84. The van der Waals surface area contributed by atoms with E-state index in [2.05, 4.69) is 22.0 Å². The number of nitriles is 1. The average molecular weight is 300 g/mol. The molecule has 0 aromatic heterocycles. The second-order valence-corrected chi connectivity index (χ2v) is 5.50. The van der Waals surface area contributed by atoms with Gasteiger partial charge in [-0.15, -0.1) is 23.5 Å². The van der Waals surface area contributed by atoms with Crippen molar-refractivity contribution in [1.29, 1.82) is 5.26 Å². The highest BCUT2D eigenvalue weighted by molar-refractivity contribution is 9.10. The Morgan fingerprint density at radius 2 is 1.73 bits per heavy atom. The summed E-state index contributed by atoms with van der Waals surface area (Å²) < 4.78 is 2.08. The van der Waals surface area contributed by atoms with E-state index >= 15 is 0 Å². The molecule has 0 spiro atoms. The van der Waals surface area contributed by atoms with Gasteiger partial charge in [-0.1, -0.05) is 28.1 Å². The van der Waals surface area contributed by atoms with Crippen molar-refractivity contribution < 1.29 is 0 Å². The third-order valence-electron chi connectivity index (χ3n) is 1.82. The van der Waals surface area contributed by atoms with E-state index in [9.17, 15) is 0 Å². The van der Waals surface area contributed by atoms with Crippen LogP contribution in [-0.4, -0.2) is 12.5 Å². The highest BCUT2D eigenvalue weighted by Gasteiger charge is 2.07. The molecule has 1 aromatic carbocycles. The van der Waals surface area contributed by atoms with Crippen LogP contribution in [0.2, 0.25) is 0 Å². The number of hydrogen-bond acceptors (Lipinski definition) is 3. The van der Waals surface area contributed by atoms with Crippen LogP contribution < -0.4 is 0 Å². The summed E-state index contributed by atoms with van der Waals surface area (Å²) in [6, 6.07) is 10.1. The lowest BCUT2D eigenvalue weighted by atomic mass is 10.1. The van der Waals surface area contributed by atoms with Gasteiger partial charge in [0.15, 0.2) is 0 Å². The summed E-state index contributed by atoms with van der Waals surface area (Å²) in [5.41, 5.74) is 1.72. The van der Waals surface area contributed by atoms with Crippen LogP contribution in [0, 0.1) is 11.3 Å². The van der Waals surface area contributed by atoms with Gasteiger partial charge in [-0.2, -0.15) is 5.26 Å². The molecule has 0 saturated carbocycles. The van der Waals surface area contributed by atoms with Crippen LogP contribution in [0.3, 0.4) is 0 Å². The molecule has 0 fully saturated rings. The number of nitrogens with zero attached hydrogens (tertiary/aromatic N) is 1. The minimum absolute atomic E-state index is 0.752. The first-order chi connectivity index (χ1) is 7.22. The largest absolute Gasteiger partial charge is 0.192 e. The number of thioether (sulfide) groups is 2. The van der Waals surface area contributed by atoms with Crippen LogP contribution in [0.4, 0.5) is 0 Å². The van der Waals surface area contributed by atoms with Gasteiger partial charge in [-0.25, -0.2) is 0 Å². The zero-order chi connectivity index (χ0) is 11.3. The molecule has 0 heterocycles. The lowest BCUT2D eigenvalue weighted by Gasteiger charge is -2.05. The van der Waals surface area contributed by atoms with Gasteiger partial charge in [0.2, 0.25) is 0 Å². The molecule has 1 rings (SSSR count). The van der Waals surface area contributed by atoms with E-state index in [1.807, 2.05) is 36.8 Å². The molecule has 0 aliphatic rings. The molecule has 0 radical (unpaired) electrons. The maximum atomic E-state index is 9.14. The monoisotopic (exact) mass is 299 g/mol.